The van der Waals surface area contributed by atoms with E-state index in [4.69, 9.17) is 0 Å². The lowest BCUT2D eigenvalue weighted by Crippen LogP contribution is -2.42. The second-order valence-corrected chi connectivity index (χ2v) is 3.86. The van der Waals surface area contributed by atoms with Crippen LogP contribution in [0.4, 0.5) is 0 Å². The maximum Gasteiger partial charge on any atom is 0.0192 e. The zero-order chi connectivity index (χ0) is 10.3. The molecule has 0 rings (SSSR count). The molecule has 0 spiro atoms. The molecular weight excluding hydrogens is 160 g/mol. The maximum absolute atomic E-state index is 3.50. The molecule has 1 N–H and O–H groups in total. The summed E-state index contributed by atoms with van der Waals surface area (Å²) in [4.78, 5) is 2.44. The minimum absolute atomic E-state index is 0.656. The van der Waals surface area contributed by atoms with Crippen molar-refractivity contribution in [2.45, 2.75) is 52.6 Å². The van der Waals surface area contributed by atoms with E-state index in [0.717, 1.165) is 6.54 Å². The van der Waals surface area contributed by atoms with Crippen LogP contribution in [0.25, 0.3) is 0 Å². The molecule has 0 bridgehead atoms. The molecule has 0 aliphatic heterocycles. The third-order valence-corrected chi connectivity index (χ3v) is 2.84. The van der Waals surface area contributed by atoms with E-state index in [1.54, 1.807) is 0 Å². The van der Waals surface area contributed by atoms with Gasteiger partial charge in [0.25, 0.3) is 0 Å². The predicted molar refractivity (Wildman–Crippen MR) is 60.1 cm³/mol. The van der Waals surface area contributed by atoms with E-state index in [0.29, 0.717) is 12.1 Å². The second kappa shape index (κ2) is 7.34. The van der Waals surface area contributed by atoms with Gasteiger partial charge in [-0.3, -0.25) is 0 Å². The smallest absolute Gasteiger partial charge is 0.0192 e. The van der Waals surface area contributed by atoms with E-state index in [1.165, 1.54) is 19.4 Å². The molecular formula is C11H26N2. The Balaban J connectivity index is 3.78. The van der Waals surface area contributed by atoms with Gasteiger partial charge in [-0.05, 0) is 33.4 Å². The molecule has 2 atom stereocenters. The first kappa shape index (κ1) is 12.9. The van der Waals surface area contributed by atoms with Crippen LogP contribution >= 0.6 is 0 Å². The van der Waals surface area contributed by atoms with Crippen molar-refractivity contribution >= 4 is 0 Å². The monoisotopic (exact) mass is 186 g/mol. The van der Waals surface area contributed by atoms with Crippen molar-refractivity contribution in [2.24, 2.45) is 0 Å². The molecule has 2 unspecified atom stereocenters. The zero-order valence-electron chi connectivity index (χ0n) is 9.93. The Bertz CT molecular complexity index is 115. The van der Waals surface area contributed by atoms with Crippen LogP contribution in [0.3, 0.4) is 0 Å². The van der Waals surface area contributed by atoms with Crippen molar-refractivity contribution in [3.05, 3.63) is 0 Å². The second-order valence-electron chi connectivity index (χ2n) is 3.86. The lowest BCUT2D eigenvalue weighted by atomic mass is 10.1. The SMILES string of the molecule is CCNC(CC)CN(C)C(C)CC. The average molecular weight is 186 g/mol. The summed E-state index contributed by atoms with van der Waals surface area (Å²) in [5.41, 5.74) is 0. The Morgan fingerprint density at radius 2 is 1.77 bits per heavy atom. The summed E-state index contributed by atoms with van der Waals surface area (Å²) >= 11 is 0. The highest BCUT2D eigenvalue weighted by atomic mass is 15.1. The Hall–Kier alpha value is -0.0800. The molecule has 0 fully saturated rings. The Morgan fingerprint density at radius 3 is 2.15 bits per heavy atom. The highest BCUT2D eigenvalue weighted by Crippen LogP contribution is 2.02. The van der Waals surface area contributed by atoms with Crippen molar-refractivity contribution in [2.75, 3.05) is 20.1 Å². The Labute approximate surface area is 83.7 Å². The van der Waals surface area contributed by atoms with E-state index in [2.05, 4.69) is 45.0 Å². The van der Waals surface area contributed by atoms with Gasteiger partial charge in [0.1, 0.15) is 0 Å². The van der Waals surface area contributed by atoms with Crippen molar-refractivity contribution in [1.29, 1.82) is 0 Å². The van der Waals surface area contributed by atoms with E-state index >= 15 is 0 Å². The first-order valence-electron chi connectivity index (χ1n) is 5.59. The highest BCUT2D eigenvalue weighted by Gasteiger charge is 2.11. The molecule has 0 aliphatic rings. The number of nitrogens with one attached hydrogen (secondary N) is 1. The van der Waals surface area contributed by atoms with Crippen molar-refractivity contribution in [1.82, 2.24) is 10.2 Å². The fourth-order valence-electron chi connectivity index (χ4n) is 1.47. The molecule has 0 aromatic carbocycles. The molecule has 0 radical (unpaired) electrons. The zero-order valence-corrected chi connectivity index (χ0v) is 9.93. The number of hydrogen-bond acceptors (Lipinski definition) is 2. The summed E-state index contributed by atoms with van der Waals surface area (Å²) in [6.07, 6.45) is 2.45. The van der Waals surface area contributed by atoms with Gasteiger partial charge in [-0.25, -0.2) is 0 Å². The third kappa shape index (κ3) is 5.27. The van der Waals surface area contributed by atoms with Gasteiger partial charge in [-0.1, -0.05) is 20.8 Å². The van der Waals surface area contributed by atoms with Crippen LogP contribution in [-0.4, -0.2) is 37.1 Å². The van der Waals surface area contributed by atoms with Gasteiger partial charge < -0.3 is 10.2 Å². The molecule has 2 nitrogen and oxygen atoms in total. The Morgan fingerprint density at radius 1 is 1.15 bits per heavy atom. The fourth-order valence-corrected chi connectivity index (χ4v) is 1.47. The van der Waals surface area contributed by atoms with E-state index in [-0.39, 0.29) is 0 Å². The normalized spacial score (nSPS) is 16.2. The van der Waals surface area contributed by atoms with Gasteiger partial charge in [0.05, 0.1) is 0 Å². The highest BCUT2D eigenvalue weighted by molar-refractivity contribution is 4.71. The average Bonchev–Trinajstić information content (AvgIpc) is 2.15. The van der Waals surface area contributed by atoms with Gasteiger partial charge in [0.2, 0.25) is 0 Å². The first-order valence-corrected chi connectivity index (χ1v) is 5.59. The molecule has 0 saturated carbocycles. The minimum Gasteiger partial charge on any atom is -0.313 e. The van der Waals surface area contributed by atoms with Crippen molar-refractivity contribution in [3.63, 3.8) is 0 Å². The van der Waals surface area contributed by atoms with E-state index in [1.807, 2.05) is 0 Å². The van der Waals surface area contributed by atoms with Gasteiger partial charge >= 0.3 is 0 Å². The van der Waals surface area contributed by atoms with Gasteiger partial charge in [0.15, 0.2) is 0 Å². The molecule has 0 aromatic rings. The standard InChI is InChI=1S/C11H26N2/c1-6-10(4)13(5)9-11(7-2)12-8-3/h10-12H,6-9H2,1-5H3. The molecule has 0 saturated heterocycles. The van der Waals surface area contributed by atoms with Crippen LogP contribution in [0.5, 0.6) is 0 Å². The fraction of sp³-hybridized carbons (Fsp3) is 1.00. The van der Waals surface area contributed by atoms with Crippen LogP contribution in [0.2, 0.25) is 0 Å². The molecule has 2 heteroatoms. The van der Waals surface area contributed by atoms with E-state index < -0.39 is 0 Å². The summed E-state index contributed by atoms with van der Waals surface area (Å²) in [7, 11) is 2.22. The summed E-state index contributed by atoms with van der Waals surface area (Å²) in [5, 5.41) is 3.50. The quantitative estimate of drug-likeness (QED) is 0.655. The summed E-state index contributed by atoms with van der Waals surface area (Å²) in [6, 6.07) is 1.36. The van der Waals surface area contributed by atoms with Crippen LogP contribution in [0.15, 0.2) is 0 Å². The number of rotatable bonds is 7. The minimum atomic E-state index is 0.656. The lowest BCUT2D eigenvalue weighted by Gasteiger charge is -2.28. The summed E-state index contributed by atoms with van der Waals surface area (Å²) in [5.74, 6) is 0. The van der Waals surface area contributed by atoms with Gasteiger partial charge in [0, 0.05) is 18.6 Å². The van der Waals surface area contributed by atoms with Crippen LogP contribution in [-0.2, 0) is 0 Å². The molecule has 80 valence electrons. The van der Waals surface area contributed by atoms with Crippen molar-refractivity contribution < 1.29 is 0 Å². The van der Waals surface area contributed by atoms with Gasteiger partial charge in [-0.2, -0.15) is 0 Å². The largest absolute Gasteiger partial charge is 0.313 e. The topological polar surface area (TPSA) is 15.3 Å². The van der Waals surface area contributed by atoms with Crippen molar-refractivity contribution in [3.8, 4) is 0 Å². The molecule has 13 heavy (non-hydrogen) atoms. The summed E-state index contributed by atoms with van der Waals surface area (Å²) < 4.78 is 0. The number of nitrogens with zero attached hydrogens (tertiary/aromatic N) is 1. The summed E-state index contributed by atoms with van der Waals surface area (Å²) in [6.45, 7) is 11.2. The Kier molecular flexibility index (Phi) is 7.29. The molecule has 0 heterocycles. The van der Waals surface area contributed by atoms with Crippen LogP contribution in [0, 0.1) is 0 Å². The van der Waals surface area contributed by atoms with Crippen LogP contribution in [0.1, 0.15) is 40.5 Å². The molecule has 0 aliphatic carbocycles. The lowest BCUT2D eigenvalue weighted by molar-refractivity contribution is 0.222. The van der Waals surface area contributed by atoms with Crippen LogP contribution < -0.4 is 5.32 Å². The molecule has 0 aromatic heterocycles. The number of likely N-dealkylation sites (N-methyl/N-ethyl adjacent to an activating group) is 2. The first-order chi connectivity index (χ1) is 6.15. The van der Waals surface area contributed by atoms with Gasteiger partial charge in [-0.15, -0.1) is 0 Å². The maximum atomic E-state index is 3.50. The third-order valence-electron chi connectivity index (χ3n) is 2.84. The molecule has 0 amide bonds. The number of hydrogen-bond donors (Lipinski definition) is 1. The van der Waals surface area contributed by atoms with E-state index in [9.17, 15) is 0 Å². The predicted octanol–water partition coefficient (Wildman–Crippen LogP) is 2.10.